The van der Waals surface area contributed by atoms with Gasteiger partial charge in [-0.15, -0.1) is 11.3 Å². The van der Waals surface area contributed by atoms with Gasteiger partial charge in [-0.2, -0.15) is 4.31 Å². The zero-order valence-electron chi connectivity index (χ0n) is 11.7. The van der Waals surface area contributed by atoms with Crippen LogP contribution in [0.15, 0.2) is 34.5 Å². The van der Waals surface area contributed by atoms with Crippen LogP contribution in [0.1, 0.15) is 21.6 Å². The Labute approximate surface area is 128 Å². The molecule has 1 N–H and O–H groups in total. The molecule has 0 saturated carbocycles. The summed E-state index contributed by atoms with van der Waals surface area (Å²) in [5, 5.41) is 11.3. The van der Waals surface area contributed by atoms with Crippen molar-refractivity contribution in [2.75, 3.05) is 6.54 Å². The van der Waals surface area contributed by atoms with Crippen molar-refractivity contribution in [3.05, 3.63) is 51.2 Å². The number of benzene rings is 1. The summed E-state index contributed by atoms with van der Waals surface area (Å²) in [5.74, 6) is 0. The predicted molar refractivity (Wildman–Crippen MR) is 82.7 cm³/mol. The molecule has 1 aliphatic rings. The molecule has 112 valence electrons. The number of rotatable bonds is 3. The molecule has 2 heterocycles. The van der Waals surface area contributed by atoms with Gasteiger partial charge in [0.2, 0.25) is 10.0 Å². The van der Waals surface area contributed by atoms with Crippen LogP contribution in [0.2, 0.25) is 0 Å². The summed E-state index contributed by atoms with van der Waals surface area (Å²) in [4.78, 5) is 1.54. The van der Waals surface area contributed by atoms with Crippen LogP contribution in [0.4, 0.5) is 0 Å². The zero-order chi connectivity index (χ0) is 15.0. The van der Waals surface area contributed by atoms with Gasteiger partial charge in [-0.1, -0.05) is 6.07 Å². The largest absolute Gasteiger partial charge is 0.392 e. The highest BCUT2D eigenvalue weighted by molar-refractivity contribution is 7.89. The Morgan fingerprint density at radius 2 is 2.14 bits per heavy atom. The van der Waals surface area contributed by atoms with Gasteiger partial charge in [0, 0.05) is 18.0 Å². The standard InChI is InChI=1S/C15H17NO3S2/c1-11-2-3-14(8-13(11)10-17)21(18,19)16-6-4-15-12(9-16)5-7-20-15/h2-3,5,7-8,17H,4,6,9-10H2,1H3. The van der Waals surface area contributed by atoms with E-state index in [1.165, 1.54) is 9.18 Å². The van der Waals surface area contributed by atoms with E-state index in [0.717, 1.165) is 17.5 Å². The van der Waals surface area contributed by atoms with Crippen molar-refractivity contribution >= 4 is 21.4 Å². The van der Waals surface area contributed by atoms with E-state index in [-0.39, 0.29) is 11.5 Å². The van der Waals surface area contributed by atoms with Crippen LogP contribution >= 0.6 is 11.3 Å². The first kappa shape index (κ1) is 14.7. The van der Waals surface area contributed by atoms with E-state index in [9.17, 15) is 13.5 Å². The smallest absolute Gasteiger partial charge is 0.243 e. The Balaban J connectivity index is 1.94. The normalized spacial score (nSPS) is 15.9. The first-order chi connectivity index (χ1) is 10.0. The molecular formula is C15H17NO3S2. The number of hydrogen-bond donors (Lipinski definition) is 1. The molecule has 3 rings (SSSR count). The van der Waals surface area contributed by atoms with Crippen LogP contribution in [0.3, 0.4) is 0 Å². The summed E-state index contributed by atoms with van der Waals surface area (Å²) in [7, 11) is -3.51. The Kier molecular flexibility index (Phi) is 3.88. The second-order valence-electron chi connectivity index (χ2n) is 5.20. The first-order valence-electron chi connectivity index (χ1n) is 6.78. The Bertz CT molecular complexity index is 765. The fourth-order valence-corrected chi connectivity index (χ4v) is 4.92. The van der Waals surface area contributed by atoms with E-state index >= 15 is 0 Å². The number of aryl methyl sites for hydroxylation is 1. The summed E-state index contributed by atoms with van der Waals surface area (Å²) < 4.78 is 27.0. The minimum Gasteiger partial charge on any atom is -0.392 e. The number of fused-ring (bicyclic) bond motifs is 1. The molecule has 0 saturated heterocycles. The Morgan fingerprint density at radius 1 is 1.33 bits per heavy atom. The van der Waals surface area contributed by atoms with Crippen molar-refractivity contribution in [1.82, 2.24) is 4.31 Å². The van der Waals surface area contributed by atoms with Crippen molar-refractivity contribution < 1.29 is 13.5 Å². The fourth-order valence-electron chi connectivity index (χ4n) is 2.56. The van der Waals surface area contributed by atoms with Gasteiger partial charge >= 0.3 is 0 Å². The van der Waals surface area contributed by atoms with Crippen LogP contribution in [-0.4, -0.2) is 24.4 Å². The van der Waals surface area contributed by atoms with Crippen LogP contribution in [0.5, 0.6) is 0 Å². The Hall–Kier alpha value is -1.21. The van der Waals surface area contributed by atoms with Gasteiger partial charge < -0.3 is 5.11 Å². The van der Waals surface area contributed by atoms with Crippen LogP contribution in [-0.2, 0) is 29.6 Å². The molecule has 1 aliphatic heterocycles. The van der Waals surface area contributed by atoms with E-state index in [1.807, 2.05) is 18.4 Å². The average molecular weight is 323 g/mol. The van der Waals surface area contributed by atoms with E-state index in [4.69, 9.17) is 0 Å². The molecule has 0 amide bonds. The van der Waals surface area contributed by atoms with Gasteiger partial charge in [0.15, 0.2) is 0 Å². The number of hydrogen-bond acceptors (Lipinski definition) is 4. The lowest BCUT2D eigenvalue weighted by atomic mass is 10.1. The molecule has 21 heavy (non-hydrogen) atoms. The quantitative estimate of drug-likeness (QED) is 0.943. The zero-order valence-corrected chi connectivity index (χ0v) is 13.4. The molecule has 0 radical (unpaired) electrons. The molecule has 6 heteroatoms. The third-order valence-corrected chi connectivity index (χ3v) is 6.77. The molecule has 0 unspecified atom stereocenters. The minimum atomic E-state index is -3.51. The van der Waals surface area contributed by atoms with Gasteiger partial charge in [0.1, 0.15) is 0 Å². The summed E-state index contributed by atoms with van der Waals surface area (Å²) in [6.45, 7) is 2.66. The van der Waals surface area contributed by atoms with Gasteiger partial charge in [-0.3, -0.25) is 0 Å². The number of aliphatic hydroxyl groups excluding tert-OH is 1. The SMILES string of the molecule is Cc1ccc(S(=O)(=O)N2CCc3sccc3C2)cc1CO. The summed E-state index contributed by atoms with van der Waals surface area (Å²) in [6.07, 6.45) is 0.769. The molecule has 1 aromatic carbocycles. The third kappa shape index (κ3) is 2.64. The second kappa shape index (κ2) is 5.53. The van der Waals surface area contributed by atoms with Gasteiger partial charge in [-0.05, 0) is 53.6 Å². The highest BCUT2D eigenvalue weighted by atomic mass is 32.2. The lowest BCUT2D eigenvalue weighted by Crippen LogP contribution is -2.35. The summed E-state index contributed by atoms with van der Waals surface area (Å²) in [6, 6.07) is 6.94. The number of aliphatic hydroxyl groups is 1. The maximum absolute atomic E-state index is 12.7. The third-order valence-electron chi connectivity index (χ3n) is 3.90. The molecule has 0 aliphatic carbocycles. The van der Waals surface area contributed by atoms with Crippen LogP contribution in [0, 0.1) is 6.92 Å². The van der Waals surface area contributed by atoms with Gasteiger partial charge in [0.25, 0.3) is 0 Å². The van der Waals surface area contributed by atoms with Crippen molar-refractivity contribution in [1.29, 1.82) is 0 Å². The van der Waals surface area contributed by atoms with E-state index in [2.05, 4.69) is 0 Å². The fraction of sp³-hybridized carbons (Fsp3) is 0.333. The molecule has 0 atom stereocenters. The van der Waals surface area contributed by atoms with Crippen LogP contribution < -0.4 is 0 Å². The predicted octanol–water partition coefficient (Wildman–Crippen LogP) is 2.30. The van der Waals surface area contributed by atoms with Crippen molar-refractivity contribution in [3.8, 4) is 0 Å². The Morgan fingerprint density at radius 3 is 2.90 bits per heavy atom. The summed E-state index contributed by atoms with van der Waals surface area (Å²) in [5.41, 5.74) is 2.66. The molecular weight excluding hydrogens is 306 g/mol. The average Bonchev–Trinajstić information content (AvgIpc) is 2.94. The van der Waals surface area contributed by atoms with Crippen LogP contribution in [0.25, 0.3) is 0 Å². The van der Waals surface area contributed by atoms with E-state index in [1.54, 1.807) is 29.5 Å². The van der Waals surface area contributed by atoms with Gasteiger partial charge in [0.05, 0.1) is 11.5 Å². The molecule has 4 nitrogen and oxygen atoms in total. The maximum atomic E-state index is 12.7. The van der Waals surface area contributed by atoms with Crippen molar-refractivity contribution in [2.45, 2.75) is 31.4 Å². The highest BCUT2D eigenvalue weighted by Crippen LogP contribution is 2.28. The number of thiophene rings is 1. The minimum absolute atomic E-state index is 0.149. The highest BCUT2D eigenvalue weighted by Gasteiger charge is 2.29. The molecule has 1 aromatic heterocycles. The monoisotopic (exact) mass is 323 g/mol. The summed E-state index contributed by atoms with van der Waals surface area (Å²) >= 11 is 1.69. The number of sulfonamides is 1. The van der Waals surface area contributed by atoms with Crippen molar-refractivity contribution in [3.63, 3.8) is 0 Å². The van der Waals surface area contributed by atoms with Crippen molar-refractivity contribution in [2.24, 2.45) is 0 Å². The number of nitrogens with zero attached hydrogens (tertiary/aromatic N) is 1. The molecule has 0 spiro atoms. The second-order valence-corrected chi connectivity index (χ2v) is 8.14. The lowest BCUT2D eigenvalue weighted by molar-refractivity contribution is 0.280. The first-order valence-corrected chi connectivity index (χ1v) is 9.10. The lowest BCUT2D eigenvalue weighted by Gasteiger charge is -2.26. The topological polar surface area (TPSA) is 57.6 Å². The van der Waals surface area contributed by atoms with E-state index in [0.29, 0.717) is 18.7 Å². The molecule has 2 aromatic rings. The molecule has 0 bridgehead atoms. The maximum Gasteiger partial charge on any atom is 0.243 e. The van der Waals surface area contributed by atoms with Gasteiger partial charge in [-0.25, -0.2) is 8.42 Å². The van der Waals surface area contributed by atoms with E-state index < -0.39 is 10.0 Å². The molecule has 0 fully saturated rings.